The highest BCUT2D eigenvalue weighted by atomic mass is 79.9. The van der Waals surface area contributed by atoms with Crippen molar-refractivity contribution in [1.82, 2.24) is 0 Å². The highest BCUT2D eigenvalue weighted by molar-refractivity contribution is 9.10. The zero-order valence-corrected chi connectivity index (χ0v) is 16.7. The van der Waals surface area contributed by atoms with Crippen LogP contribution < -0.4 is 4.31 Å². The largest absolute Gasteiger partial charge is 0.481 e. The molecule has 0 atom stereocenters. The van der Waals surface area contributed by atoms with Gasteiger partial charge in [-0.05, 0) is 52.7 Å². The quantitative estimate of drug-likeness (QED) is 0.634. The van der Waals surface area contributed by atoms with E-state index in [0.717, 1.165) is 0 Å². The number of anilines is 1. The van der Waals surface area contributed by atoms with Crippen molar-refractivity contribution in [2.24, 2.45) is 0 Å². The average molecular weight is 467 g/mol. The van der Waals surface area contributed by atoms with E-state index in [2.05, 4.69) is 15.9 Å². The number of para-hydroxylation sites is 1. The first kappa shape index (κ1) is 20.0. The Labute approximate surface area is 164 Å². The highest BCUT2D eigenvalue weighted by Crippen LogP contribution is 2.33. The number of carboxylic acids is 1. The summed E-state index contributed by atoms with van der Waals surface area (Å²) in [5.41, 5.74) is 0.416. The van der Waals surface area contributed by atoms with Crippen LogP contribution in [0.15, 0.2) is 51.8 Å². The van der Waals surface area contributed by atoms with Gasteiger partial charge in [-0.1, -0.05) is 35.3 Å². The van der Waals surface area contributed by atoms with E-state index in [1.807, 2.05) is 0 Å². The second-order valence-electron chi connectivity index (χ2n) is 5.10. The average Bonchev–Trinajstić information content (AvgIpc) is 2.54. The fourth-order valence-electron chi connectivity index (χ4n) is 2.16. The molecule has 0 unspecified atom stereocenters. The number of nitrogens with zero attached hydrogens (tertiary/aromatic N) is 1. The molecule has 2 aromatic carbocycles. The van der Waals surface area contributed by atoms with Crippen LogP contribution in [-0.2, 0) is 14.8 Å². The number of sulfonamides is 1. The summed E-state index contributed by atoms with van der Waals surface area (Å²) in [6.07, 6.45) is 0.0229. The Morgan fingerprint density at radius 3 is 2.40 bits per heavy atom. The van der Waals surface area contributed by atoms with Gasteiger partial charge in [0.2, 0.25) is 0 Å². The van der Waals surface area contributed by atoms with Crippen LogP contribution in [-0.4, -0.2) is 26.0 Å². The predicted molar refractivity (Wildman–Crippen MR) is 102 cm³/mol. The van der Waals surface area contributed by atoms with Gasteiger partial charge in [-0.2, -0.15) is 0 Å². The zero-order chi connectivity index (χ0) is 18.6. The molecule has 25 heavy (non-hydrogen) atoms. The van der Waals surface area contributed by atoms with Crippen LogP contribution in [0.25, 0.3) is 0 Å². The molecule has 0 fully saturated rings. The molecule has 0 amide bonds. The highest BCUT2D eigenvalue weighted by Gasteiger charge is 2.27. The van der Waals surface area contributed by atoms with Gasteiger partial charge in [0, 0.05) is 17.4 Å². The third-order valence-corrected chi connectivity index (χ3v) is 6.57. The number of benzene rings is 2. The Morgan fingerprint density at radius 1 is 1.12 bits per heavy atom. The summed E-state index contributed by atoms with van der Waals surface area (Å²) < 4.78 is 27.9. The van der Waals surface area contributed by atoms with Crippen molar-refractivity contribution in [3.8, 4) is 0 Å². The topological polar surface area (TPSA) is 74.7 Å². The molecule has 0 radical (unpaired) electrons. The van der Waals surface area contributed by atoms with Crippen LogP contribution in [0.1, 0.15) is 12.8 Å². The number of carboxylic acid groups (broad SMARTS) is 1. The summed E-state index contributed by atoms with van der Waals surface area (Å²) in [5, 5.41) is 9.20. The van der Waals surface area contributed by atoms with Gasteiger partial charge >= 0.3 is 5.97 Å². The van der Waals surface area contributed by atoms with Gasteiger partial charge in [0.05, 0.1) is 20.6 Å². The molecule has 0 heterocycles. The van der Waals surface area contributed by atoms with Crippen LogP contribution in [0.3, 0.4) is 0 Å². The van der Waals surface area contributed by atoms with Gasteiger partial charge < -0.3 is 5.11 Å². The van der Waals surface area contributed by atoms with Crippen molar-refractivity contribution < 1.29 is 18.3 Å². The van der Waals surface area contributed by atoms with Crippen LogP contribution in [0.4, 0.5) is 5.69 Å². The number of hydrogen-bond acceptors (Lipinski definition) is 3. The van der Waals surface area contributed by atoms with Crippen molar-refractivity contribution in [3.05, 3.63) is 57.0 Å². The van der Waals surface area contributed by atoms with Gasteiger partial charge in [0.15, 0.2) is 0 Å². The Hall–Kier alpha value is -1.28. The minimum Gasteiger partial charge on any atom is -0.481 e. The van der Waals surface area contributed by atoms with Gasteiger partial charge in [-0.3, -0.25) is 9.10 Å². The Kier molecular flexibility index (Phi) is 6.73. The van der Waals surface area contributed by atoms with E-state index in [9.17, 15) is 13.2 Å². The molecule has 0 aromatic heterocycles. The van der Waals surface area contributed by atoms with Crippen LogP contribution in [0, 0.1) is 0 Å². The second-order valence-corrected chi connectivity index (χ2v) is 8.63. The van der Waals surface area contributed by atoms with Gasteiger partial charge in [0.1, 0.15) is 0 Å². The van der Waals surface area contributed by atoms with Crippen LogP contribution >= 0.6 is 39.1 Å². The van der Waals surface area contributed by atoms with E-state index < -0.39 is 16.0 Å². The maximum absolute atomic E-state index is 13.1. The number of carbonyl (C=O) groups is 1. The molecule has 9 heteroatoms. The summed E-state index contributed by atoms with van der Waals surface area (Å²) in [5.74, 6) is -0.987. The van der Waals surface area contributed by atoms with E-state index in [0.29, 0.717) is 10.2 Å². The monoisotopic (exact) mass is 465 g/mol. The Morgan fingerprint density at radius 2 is 1.80 bits per heavy atom. The molecule has 0 saturated heterocycles. The summed E-state index contributed by atoms with van der Waals surface area (Å²) in [4.78, 5) is 10.8. The standard InChI is InChI=1S/C16H14BrCl2NO4S/c17-12-4-1-2-5-15(12)20(9-3-6-16(21)22)25(23,24)11-7-8-13(18)14(19)10-11/h1-2,4-5,7-8,10H,3,6,9H2,(H,21,22). The lowest BCUT2D eigenvalue weighted by atomic mass is 10.3. The van der Waals surface area contributed by atoms with Gasteiger partial charge in [-0.25, -0.2) is 8.42 Å². The molecular weight excluding hydrogens is 453 g/mol. The van der Waals surface area contributed by atoms with Crippen molar-refractivity contribution in [3.63, 3.8) is 0 Å². The smallest absolute Gasteiger partial charge is 0.303 e. The summed E-state index contributed by atoms with van der Waals surface area (Å²) in [6.45, 7) is 0.0114. The molecule has 5 nitrogen and oxygen atoms in total. The van der Waals surface area contributed by atoms with Crippen molar-refractivity contribution in [2.45, 2.75) is 17.7 Å². The van der Waals surface area contributed by atoms with Gasteiger partial charge in [-0.15, -0.1) is 0 Å². The molecule has 2 rings (SSSR count). The fraction of sp³-hybridized carbons (Fsp3) is 0.188. The number of rotatable bonds is 7. The first-order valence-electron chi connectivity index (χ1n) is 7.17. The van der Waals surface area contributed by atoms with E-state index in [1.165, 1.54) is 22.5 Å². The summed E-state index contributed by atoms with van der Waals surface area (Å²) in [6, 6.07) is 10.9. The van der Waals surface area contributed by atoms with Gasteiger partial charge in [0.25, 0.3) is 10.0 Å². The fourth-order valence-corrected chi connectivity index (χ4v) is 4.69. The minimum absolute atomic E-state index is 0.0114. The molecular formula is C16H14BrCl2NO4S. The first-order chi connectivity index (χ1) is 11.7. The normalized spacial score (nSPS) is 11.3. The lowest BCUT2D eigenvalue weighted by molar-refractivity contribution is -0.137. The molecule has 0 aliphatic carbocycles. The SMILES string of the molecule is O=C(O)CCCN(c1ccccc1Br)S(=O)(=O)c1ccc(Cl)c(Cl)c1. The maximum atomic E-state index is 13.1. The molecule has 0 bridgehead atoms. The Balaban J connectivity index is 2.47. The molecule has 2 aromatic rings. The molecule has 0 aliphatic heterocycles. The zero-order valence-electron chi connectivity index (χ0n) is 12.8. The summed E-state index contributed by atoms with van der Waals surface area (Å²) in [7, 11) is -3.95. The second kappa shape index (κ2) is 8.40. The van der Waals surface area contributed by atoms with E-state index >= 15 is 0 Å². The van der Waals surface area contributed by atoms with Crippen molar-refractivity contribution >= 4 is 60.8 Å². The van der Waals surface area contributed by atoms with Crippen molar-refractivity contribution in [2.75, 3.05) is 10.8 Å². The maximum Gasteiger partial charge on any atom is 0.303 e. The molecule has 1 N–H and O–H groups in total. The number of halogens is 3. The van der Waals surface area contributed by atoms with Crippen molar-refractivity contribution in [1.29, 1.82) is 0 Å². The van der Waals surface area contributed by atoms with E-state index in [1.54, 1.807) is 24.3 Å². The molecule has 0 saturated carbocycles. The lowest BCUT2D eigenvalue weighted by Gasteiger charge is -2.25. The third-order valence-electron chi connectivity index (χ3n) is 3.35. The molecule has 0 spiro atoms. The first-order valence-corrected chi connectivity index (χ1v) is 10.2. The van der Waals surface area contributed by atoms with E-state index in [-0.39, 0.29) is 34.3 Å². The summed E-state index contributed by atoms with van der Waals surface area (Å²) >= 11 is 15.1. The molecule has 0 aliphatic rings. The number of aliphatic carboxylic acids is 1. The van der Waals surface area contributed by atoms with Crippen LogP contribution in [0.5, 0.6) is 0 Å². The van der Waals surface area contributed by atoms with E-state index in [4.69, 9.17) is 28.3 Å². The minimum atomic E-state index is -3.95. The number of hydrogen-bond donors (Lipinski definition) is 1. The van der Waals surface area contributed by atoms with Crippen LogP contribution in [0.2, 0.25) is 10.0 Å². The lowest BCUT2D eigenvalue weighted by Crippen LogP contribution is -2.32. The Bertz CT molecular complexity index is 889. The third kappa shape index (κ3) is 4.88. The molecule has 134 valence electrons. The predicted octanol–water partition coefficient (Wildman–Crippen LogP) is 4.82.